The third kappa shape index (κ3) is 1.32. The minimum Gasteiger partial charge on any atom is -0.392 e. The van der Waals surface area contributed by atoms with Gasteiger partial charge in [-0.2, -0.15) is 0 Å². The Morgan fingerprint density at radius 2 is 2.29 bits per heavy atom. The number of carbonyl (C=O) groups excluding carboxylic acids is 1. The molecule has 72 valence electrons. The lowest BCUT2D eigenvalue weighted by Gasteiger charge is -1.97. The quantitative estimate of drug-likeness (QED) is 0.772. The molecule has 1 aromatic carbocycles. The van der Waals surface area contributed by atoms with Crippen molar-refractivity contribution in [2.24, 2.45) is 0 Å². The van der Waals surface area contributed by atoms with E-state index in [1.54, 1.807) is 5.38 Å². The molecule has 4 heteroatoms. The van der Waals surface area contributed by atoms with Gasteiger partial charge in [0.15, 0.2) is 6.29 Å². The number of benzene rings is 1. The highest BCUT2D eigenvalue weighted by Gasteiger charge is 2.09. The van der Waals surface area contributed by atoms with E-state index in [0.717, 1.165) is 4.70 Å². The Labute approximate surface area is 83.6 Å². The third-order valence-corrected chi connectivity index (χ3v) is 3.14. The van der Waals surface area contributed by atoms with Crippen molar-refractivity contribution in [3.8, 4) is 0 Å². The number of rotatable bonds is 2. The second-order valence-corrected chi connectivity index (χ2v) is 3.79. The van der Waals surface area contributed by atoms with E-state index in [9.17, 15) is 9.18 Å². The summed E-state index contributed by atoms with van der Waals surface area (Å²) in [4.78, 5) is 10.6. The highest BCUT2D eigenvalue weighted by molar-refractivity contribution is 7.17. The van der Waals surface area contributed by atoms with E-state index in [-0.39, 0.29) is 6.61 Å². The number of aliphatic hydroxyl groups excluding tert-OH is 1. The minimum atomic E-state index is -0.451. The molecule has 0 bridgehead atoms. The maximum absolute atomic E-state index is 13.0. The average molecular weight is 210 g/mol. The maximum atomic E-state index is 13.0. The zero-order valence-corrected chi connectivity index (χ0v) is 7.97. The molecule has 14 heavy (non-hydrogen) atoms. The molecule has 0 fully saturated rings. The highest BCUT2D eigenvalue weighted by atomic mass is 32.1. The van der Waals surface area contributed by atoms with Crippen molar-refractivity contribution >= 4 is 27.7 Å². The van der Waals surface area contributed by atoms with E-state index in [1.807, 2.05) is 0 Å². The molecule has 0 saturated carbocycles. The van der Waals surface area contributed by atoms with Crippen LogP contribution in [-0.2, 0) is 6.61 Å². The van der Waals surface area contributed by atoms with E-state index in [0.29, 0.717) is 22.8 Å². The van der Waals surface area contributed by atoms with Gasteiger partial charge in [0.05, 0.1) is 6.61 Å². The van der Waals surface area contributed by atoms with Crippen molar-refractivity contribution in [2.75, 3.05) is 0 Å². The Bertz CT molecular complexity index is 490. The summed E-state index contributed by atoms with van der Waals surface area (Å²) in [5, 5.41) is 11.3. The van der Waals surface area contributed by atoms with Crippen molar-refractivity contribution < 1.29 is 14.3 Å². The second kappa shape index (κ2) is 3.48. The first-order chi connectivity index (χ1) is 6.76. The van der Waals surface area contributed by atoms with Crippen LogP contribution in [0.1, 0.15) is 15.9 Å². The summed E-state index contributed by atoms with van der Waals surface area (Å²) in [5.41, 5.74) is 0.998. The third-order valence-electron chi connectivity index (χ3n) is 2.04. The fourth-order valence-electron chi connectivity index (χ4n) is 1.39. The fraction of sp³-hybridized carbons (Fsp3) is 0.100. The topological polar surface area (TPSA) is 37.3 Å². The molecule has 0 aliphatic heterocycles. The number of aldehydes is 1. The fourth-order valence-corrected chi connectivity index (χ4v) is 2.41. The first-order valence-electron chi connectivity index (χ1n) is 4.02. The van der Waals surface area contributed by atoms with E-state index in [4.69, 9.17) is 5.11 Å². The summed E-state index contributed by atoms with van der Waals surface area (Å²) in [6.07, 6.45) is 0.628. The Kier molecular flexibility index (Phi) is 2.31. The molecule has 1 aromatic heterocycles. The number of hydrogen-bond donors (Lipinski definition) is 1. The molecular weight excluding hydrogens is 203 g/mol. The first kappa shape index (κ1) is 9.30. The number of halogens is 1. The van der Waals surface area contributed by atoms with Crippen molar-refractivity contribution in [1.82, 2.24) is 0 Å². The number of hydrogen-bond acceptors (Lipinski definition) is 3. The molecule has 0 saturated heterocycles. The van der Waals surface area contributed by atoms with Gasteiger partial charge in [-0.25, -0.2) is 4.39 Å². The monoisotopic (exact) mass is 210 g/mol. The maximum Gasteiger partial charge on any atom is 0.151 e. The van der Waals surface area contributed by atoms with Gasteiger partial charge in [0, 0.05) is 15.6 Å². The van der Waals surface area contributed by atoms with Crippen LogP contribution in [0.3, 0.4) is 0 Å². The normalized spacial score (nSPS) is 10.7. The van der Waals surface area contributed by atoms with Gasteiger partial charge in [-0.05, 0) is 23.1 Å². The van der Waals surface area contributed by atoms with Crippen LogP contribution < -0.4 is 0 Å². The van der Waals surface area contributed by atoms with Crippen LogP contribution in [0.4, 0.5) is 4.39 Å². The Morgan fingerprint density at radius 1 is 1.50 bits per heavy atom. The smallest absolute Gasteiger partial charge is 0.151 e. The zero-order chi connectivity index (χ0) is 10.1. The van der Waals surface area contributed by atoms with Gasteiger partial charge < -0.3 is 5.11 Å². The van der Waals surface area contributed by atoms with E-state index in [2.05, 4.69) is 0 Å². The van der Waals surface area contributed by atoms with E-state index < -0.39 is 5.82 Å². The lowest BCUT2D eigenvalue weighted by Crippen LogP contribution is -1.85. The standard InChI is InChI=1S/C10H7FO2S/c11-8-1-6(3-12)10-9(2-8)7(4-13)5-14-10/h1-3,5,13H,4H2. The van der Waals surface area contributed by atoms with Crippen LogP contribution in [0.5, 0.6) is 0 Å². The van der Waals surface area contributed by atoms with E-state index in [1.165, 1.54) is 23.5 Å². The number of aliphatic hydroxyl groups is 1. The number of fused-ring (bicyclic) bond motifs is 1. The van der Waals surface area contributed by atoms with Gasteiger partial charge >= 0.3 is 0 Å². The second-order valence-electron chi connectivity index (χ2n) is 2.91. The van der Waals surface area contributed by atoms with Crippen LogP contribution >= 0.6 is 11.3 Å². The van der Waals surface area contributed by atoms with Gasteiger partial charge in [-0.15, -0.1) is 11.3 Å². The summed E-state index contributed by atoms with van der Waals surface area (Å²) in [5.74, 6) is -0.451. The number of carbonyl (C=O) groups is 1. The molecule has 2 rings (SSSR count). The SMILES string of the molecule is O=Cc1cc(F)cc2c(CO)csc12. The van der Waals surface area contributed by atoms with Gasteiger partial charge in [-0.3, -0.25) is 4.79 Å². The lowest BCUT2D eigenvalue weighted by atomic mass is 10.1. The predicted molar refractivity (Wildman–Crippen MR) is 53.1 cm³/mol. The van der Waals surface area contributed by atoms with Gasteiger partial charge in [0.25, 0.3) is 0 Å². The predicted octanol–water partition coefficient (Wildman–Crippen LogP) is 2.35. The Morgan fingerprint density at radius 3 is 2.93 bits per heavy atom. The largest absolute Gasteiger partial charge is 0.392 e. The minimum absolute atomic E-state index is 0.137. The Balaban J connectivity index is 2.83. The van der Waals surface area contributed by atoms with Gasteiger partial charge in [0.1, 0.15) is 5.82 Å². The molecule has 0 aliphatic carbocycles. The van der Waals surface area contributed by atoms with Crippen LogP contribution in [-0.4, -0.2) is 11.4 Å². The molecule has 0 unspecified atom stereocenters. The summed E-state index contributed by atoms with van der Waals surface area (Å²) in [6.45, 7) is -0.137. The molecule has 1 heterocycles. The molecule has 0 spiro atoms. The molecule has 2 aromatic rings. The van der Waals surface area contributed by atoms with E-state index >= 15 is 0 Å². The van der Waals surface area contributed by atoms with Crippen LogP contribution in [0, 0.1) is 5.82 Å². The first-order valence-corrected chi connectivity index (χ1v) is 4.90. The zero-order valence-electron chi connectivity index (χ0n) is 7.16. The molecular formula is C10H7FO2S. The molecule has 0 atom stereocenters. The summed E-state index contributed by atoms with van der Waals surface area (Å²) in [7, 11) is 0. The summed E-state index contributed by atoms with van der Waals surface area (Å²) < 4.78 is 13.8. The molecule has 0 amide bonds. The lowest BCUT2D eigenvalue weighted by molar-refractivity contribution is 0.112. The van der Waals surface area contributed by atoms with Crippen molar-refractivity contribution in [2.45, 2.75) is 6.61 Å². The van der Waals surface area contributed by atoms with Crippen molar-refractivity contribution in [1.29, 1.82) is 0 Å². The van der Waals surface area contributed by atoms with Crippen molar-refractivity contribution in [3.63, 3.8) is 0 Å². The molecule has 0 aliphatic rings. The number of thiophene rings is 1. The molecule has 1 N–H and O–H groups in total. The molecule has 0 radical (unpaired) electrons. The van der Waals surface area contributed by atoms with Crippen LogP contribution in [0.2, 0.25) is 0 Å². The summed E-state index contributed by atoms with van der Waals surface area (Å²) >= 11 is 1.34. The molecule has 2 nitrogen and oxygen atoms in total. The van der Waals surface area contributed by atoms with Crippen LogP contribution in [0.25, 0.3) is 10.1 Å². The van der Waals surface area contributed by atoms with Gasteiger partial charge in [0.2, 0.25) is 0 Å². The van der Waals surface area contributed by atoms with Gasteiger partial charge in [-0.1, -0.05) is 0 Å². The highest BCUT2D eigenvalue weighted by Crippen LogP contribution is 2.29. The van der Waals surface area contributed by atoms with Crippen LogP contribution in [0.15, 0.2) is 17.5 Å². The summed E-state index contributed by atoms with van der Waals surface area (Å²) in [6, 6.07) is 2.54. The average Bonchev–Trinajstić information content (AvgIpc) is 2.59. The van der Waals surface area contributed by atoms with Crippen molar-refractivity contribution in [3.05, 3.63) is 34.5 Å². The Hall–Kier alpha value is -1.26.